The first-order chi connectivity index (χ1) is 43.8. The van der Waals surface area contributed by atoms with Gasteiger partial charge in [-0.25, -0.2) is 0 Å². The molecule has 26 nitrogen and oxygen atoms in total. The summed E-state index contributed by atoms with van der Waals surface area (Å²) in [6.07, 6.45) is 3.14. The maximum atomic E-state index is 15.1. The van der Waals surface area contributed by atoms with Crippen LogP contribution in [-0.2, 0) is 62.2 Å². The van der Waals surface area contributed by atoms with E-state index >= 15 is 9.59 Å². The first-order valence-electron chi connectivity index (χ1n) is 34.1. The molecule has 94 heavy (non-hydrogen) atoms. The SMILES string of the molecule is C/C=C/C[C@@H](C)[C@@H](O)[C@H]1C(=O)N[C@@H](CC)C(=O)N(C)[C@H](C)C(=O)N(C)[C@@H]([C@@H](C)OCCCCN2CCOCC2)C(=O)N[C@@H](C(C)C)C(=O)N(C)[C@@H](CC(C)C)C(=O)N[C@@H](C)C(=O)N[C@H](C)C(=O)N(C)[C@@H](CC(C)C)C(=O)N(C)[C@@H](CC(C)C)C(=O)N[C@@H](C(C)C)C(=O)N1C. The minimum absolute atomic E-state index is 0.0103. The number of morpholine rings is 1. The number of aliphatic hydroxyl groups excluding tert-OH is 1. The second kappa shape index (κ2) is 39.7. The number of ether oxygens (including phenoxy) is 2. The molecule has 14 atom stereocenters. The lowest BCUT2D eigenvalue weighted by molar-refractivity contribution is -0.153. The summed E-state index contributed by atoms with van der Waals surface area (Å²) >= 11 is 0. The quantitative estimate of drug-likeness (QED) is 0.0755. The van der Waals surface area contributed by atoms with Gasteiger partial charge in [-0.2, -0.15) is 0 Å². The third-order valence-electron chi connectivity index (χ3n) is 18.2. The van der Waals surface area contributed by atoms with E-state index in [9.17, 15) is 48.3 Å². The zero-order valence-electron chi connectivity index (χ0n) is 61.2. The van der Waals surface area contributed by atoms with Crippen molar-refractivity contribution >= 4 is 65.0 Å². The van der Waals surface area contributed by atoms with Crippen molar-refractivity contribution in [1.29, 1.82) is 0 Å². The van der Waals surface area contributed by atoms with Gasteiger partial charge in [0.2, 0.25) is 65.0 Å². The molecule has 0 aromatic carbocycles. The van der Waals surface area contributed by atoms with Crippen LogP contribution in [0.1, 0.15) is 163 Å². The summed E-state index contributed by atoms with van der Waals surface area (Å²) in [5.74, 6) is -10.2. The highest BCUT2D eigenvalue weighted by atomic mass is 16.5. The van der Waals surface area contributed by atoms with Gasteiger partial charge in [0.1, 0.15) is 66.5 Å². The van der Waals surface area contributed by atoms with E-state index in [0.717, 1.165) is 35.9 Å². The molecular formula is C68H122N12O14. The van der Waals surface area contributed by atoms with E-state index in [1.807, 2.05) is 41.5 Å². The first kappa shape index (κ1) is 83.8. The summed E-state index contributed by atoms with van der Waals surface area (Å²) in [7, 11) is 8.41. The standard InChI is InChI=1S/C68H122N12O14/c1-24-26-29-44(13)57(81)56-62(86)71-49(25-2)65(89)74(18)47(16)64(88)78(22)55(48(17)94-33-28-27-30-80-31-34-93-35-32-80)61(85)73-53(42(9)10)67(91)76(20)50(36-39(3)4)59(83)69-45(14)58(82)70-46(15)63(87)77(21)52(38-41(7)8)66(90)75(19)51(37-40(5)6)60(84)72-54(43(11)12)68(92)79(56)23/h24,26,39-57,81H,25,27-38H2,1-23H3,(H,69,83)(H,70,82)(H,71,86)(H,72,84)(H,73,85)/b26-24+/t44-,45+,46-,47-,48-,49+,50+,51+,52+,53+,54+,55+,56+,57-/m1/s1. The number of likely N-dealkylation sites (N-methyl/N-ethyl adjacent to an activating group) is 6. The molecule has 2 aliphatic rings. The van der Waals surface area contributed by atoms with Crippen molar-refractivity contribution in [2.75, 3.05) is 81.7 Å². The Morgan fingerprint density at radius 2 is 0.957 bits per heavy atom. The molecule has 2 rings (SSSR count). The molecule has 0 aliphatic carbocycles. The number of carbonyl (C=O) groups is 11. The van der Waals surface area contributed by atoms with Gasteiger partial charge in [0, 0.05) is 62.0 Å². The topological polar surface area (TPSA) is 309 Å². The molecule has 0 saturated carbocycles. The van der Waals surface area contributed by atoms with Crippen molar-refractivity contribution in [3.05, 3.63) is 12.2 Å². The number of carbonyl (C=O) groups excluding carboxylic acids is 11. The van der Waals surface area contributed by atoms with Gasteiger partial charge < -0.3 is 70.6 Å². The van der Waals surface area contributed by atoms with Crippen LogP contribution in [0.5, 0.6) is 0 Å². The molecule has 0 radical (unpaired) electrons. The van der Waals surface area contributed by atoms with Crippen molar-refractivity contribution in [2.45, 2.75) is 241 Å². The van der Waals surface area contributed by atoms with Crippen molar-refractivity contribution < 1.29 is 67.3 Å². The zero-order valence-corrected chi connectivity index (χ0v) is 61.2. The van der Waals surface area contributed by atoms with E-state index in [0.29, 0.717) is 26.1 Å². The highest BCUT2D eigenvalue weighted by Gasteiger charge is 2.45. The largest absolute Gasteiger partial charge is 0.390 e. The Labute approximate surface area is 561 Å². The molecule has 0 aromatic heterocycles. The second-order valence-corrected chi connectivity index (χ2v) is 28.1. The van der Waals surface area contributed by atoms with E-state index in [1.54, 1.807) is 67.5 Å². The van der Waals surface area contributed by atoms with Crippen LogP contribution < -0.4 is 26.6 Å². The minimum Gasteiger partial charge on any atom is -0.390 e. The fourth-order valence-corrected chi connectivity index (χ4v) is 11.8. The van der Waals surface area contributed by atoms with Crippen LogP contribution >= 0.6 is 0 Å². The van der Waals surface area contributed by atoms with Crippen LogP contribution in [0.3, 0.4) is 0 Å². The molecule has 0 unspecified atom stereocenters. The Kier molecular flexibility index (Phi) is 35.4. The van der Waals surface area contributed by atoms with Crippen LogP contribution in [0, 0.1) is 35.5 Å². The summed E-state index contributed by atoms with van der Waals surface area (Å²) in [4.78, 5) is 172. The molecule has 26 heteroatoms. The highest BCUT2D eigenvalue weighted by molar-refractivity contribution is 6.00. The molecule has 6 N–H and O–H groups in total. The van der Waals surface area contributed by atoms with E-state index in [2.05, 4.69) is 31.5 Å². The van der Waals surface area contributed by atoms with E-state index in [1.165, 1.54) is 82.7 Å². The Hall–Kier alpha value is -6.25. The molecule has 2 aliphatic heterocycles. The average Bonchev–Trinajstić information content (AvgIpc) is 0.834. The normalized spacial score (nSPS) is 27.6. The highest BCUT2D eigenvalue weighted by Crippen LogP contribution is 2.24. The number of hydrogen-bond donors (Lipinski definition) is 6. The third kappa shape index (κ3) is 24.1. The number of rotatable bonds is 20. The number of unbranched alkanes of at least 4 members (excludes halogenated alkanes) is 1. The smallest absolute Gasteiger partial charge is 0.246 e. The average molecular weight is 1330 g/mol. The first-order valence-corrected chi connectivity index (χ1v) is 34.1. The fraction of sp³-hybridized carbons (Fsp3) is 0.809. The molecule has 2 heterocycles. The van der Waals surface area contributed by atoms with Gasteiger partial charge >= 0.3 is 0 Å². The van der Waals surface area contributed by atoms with Crippen LogP contribution in [0.4, 0.5) is 0 Å². The number of nitrogens with one attached hydrogen (secondary N) is 5. The van der Waals surface area contributed by atoms with Gasteiger partial charge in [0.05, 0.1) is 25.4 Å². The molecule has 2 saturated heterocycles. The van der Waals surface area contributed by atoms with Crippen molar-refractivity contribution in [1.82, 2.24) is 60.9 Å². The molecule has 0 bridgehead atoms. The number of aliphatic hydroxyl groups is 1. The fourth-order valence-electron chi connectivity index (χ4n) is 11.8. The predicted molar refractivity (Wildman–Crippen MR) is 361 cm³/mol. The Balaban J connectivity index is 2.97. The van der Waals surface area contributed by atoms with Crippen LogP contribution in [0.25, 0.3) is 0 Å². The molecular weight excluding hydrogens is 1210 g/mol. The van der Waals surface area contributed by atoms with Crippen molar-refractivity contribution in [3.8, 4) is 0 Å². The third-order valence-corrected chi connectivity index (χ3v) is 18.2. The van der Waals surface area contributed by atoms with Gasteiger partial charge in [-0.05, 0) is 122 Å². The monoisotopic (exact) mass is 1330 g/mol. The van der Waals surface area contributed by atoms with Gasteiger partial charge in [-0.15, -0.1) is 0 Å². The minimum atomic E-state index is -1.64. The summed E-state index contributed by atoms with van der Waals surface area (Å²) in [5, 5.41) is 26.1. The van der Waals surface area contributed by atoms with Gasteiger partial charge in [-0.1, -0.05) is 95.2 Å². The number of allylic oxidation sites excluding steroid dienone is 2. The number of amides is 11. The van der Waals surface area contributed by atoms with Crippen molar-refractivity contribution in [2.24, 2.45) is 35.5 Å². The van der Waals surface area contributed by atoms with Gasteiger partial charge in [0.15, 0.2) is 0 Å². The number of hydrogen-bond acceptors (Lipinski definition) is 15. The van der Waals surface area contributed by atoms with Gasteiger partial charge in [-0.3, -0.25) is 57.6 Å². The summed E-state index contributed by atoms with van der Waals surface area (Å²) in [6.45, 7) is 33.0. The summed E-state index contributed by atoms with van der Waals surface area (Å²) in [6, 6.07) is -14.2. The maximum Gasteiger partial charge on any atom is 0.246 e. The lowest BCUT2D eigenvalue weighted by Crippen LogP contribution is -2.64. The zero-order chi connectivity index (χ0) is 71.9. The Morgan fingerprint density at radius 1 is 0.511 bits per heavy atom. The number of nitrogens with zero attached hydrogens (tertiary/aromatic N) is 7. The van der Waals surface area contributed by atoms with Crippen LogP contribution in [0.2, 0.25) is 0 Å². The van der Waals surface area contributed by atoms with E-state index in [-0.39, 0.29) is 50.0 Å². The van der Waals surface area contributed by atoms with Crippen LogP contribution in [0.15, 0.2) is 12.2 Å². The molecule has 0 spiro atoms. The molecule has 11 amide bonds. The van der Waals surface area contributed by atoms with E-state index in [4.69, 9.17) is 9.47 Å². The lowest BCUT2D eigenvalue weighted by atomic mass is 9.91. The lowest BCUT2D eigenvalue weighted by Gasteiger charge is -2.39. The molecule has 0 aromatic rings. The Bertz CT molecular complexity index is 2540. The Morgan fingerprint density at radius 3 is 1.46 bits per heavy atom. The summed E-state index contributed by atoms with van der Waals surface area (Å²) in [5.41, 5.74) is 0. The predicted octanol–water partition coefficient (Wildman–Crippen LogP) is 2.79. The van der Waals surface area contributed by atoms with Gasteiger partial charge in [0.25, 0.3) is 0 Å². The second-order valence-electron chi connectivity index (χ2n) is 28.1. The van der Waals surface area contributed by atoms with Crippen molar-refractivity contribution in [3.63, 3.8) is 0 Å². The molecule has 538 valence electrons. The summed E-state index contributed by atoms with van der Waals surface area (Å²) < 4.78 is 11.8. The molecule has 2 fully saturated rings. The van der Waals surface area contributed by atoms with E-state index < -0.39 is 161 Å². The maximum absolute atomic E-state index is 15.1. The van der Waals surface area contributed by atoms with Crippen LogP contribution in [-0.4, -0.2) is 265 Å².